The van der Waals surface area contributed by atoms with Crippen LogP contribution >= 0.6 is 0 Å². The molecule has 0 radical (unpaired) electrons. The first kappa shape index (κ1) is 14.3. The highest BCUT2D eigenvalue weighted by atomic mass is 16.2. The molecular formula is C13H27N3O. The quantitative estimate of drug-likeness (QED) is 0.773. The molecular weight excluding hydrogens is 214 g/mol. The molecule has 2 N–H and O–H groups in total. The predicted octanol–water partition coefficient (Wildman–Crippen LogP) is 2.04. The van der Waals surface area contributed by atoms with Gasteiger partial charge in [0.1, 0.15) is 0 Å². The number of carbonyl (C=O) groups excluding carboxylic acids is 1. The van der Waals surface area contributed by atoms with Crippen molar-refractivity contribution in [2.75, 3.05) is 26.2 Å². The highest BCUT2D eigenvalue weighted by molar-refractivity contribution is 5.74. The zero-order valence-corrected chi connectivity index (χ0v) is 11.3. The summed E-state index contributed by atoms with van der Waals surface area (Å²) in [6.45, 7) is 7.14. The molecule has 17 heavy (non-hydrogen) atoms. The van der Waals surface area contributed by atoms with Crippen LogP contribution in [0.2, 0.25) is 0 Å². The second-order valence-electron chi connectivity index (χ2n) is 4.73. The number of urea groups is 1. The van der Waals surface area contributed by atoms with Crippen molar-refractivity contribution in [2.45, 2.75) is 52.0 Å². The summed E-state index contributed by atoms with van der Waals surface area (Å²) in [5.41, 5.74) is 5.57. The Bertz CT molecular complexity index is 223. The van der Waals surface area contributed by atoms with Crippen LogP contribution in [-0.2, 0) is 0 Å². The first-order valence-electron chi connectivity index (χ1n) is 7.00. The molecule has 1 aliphatic carbocycles. The molecule has 0 aromatic rings. The van der Waals surface area contributed by atoms with Gasteiger partial charge in [-0.3, -0.25) is 0 Å². The minimum atomic E-state index is 0.204. The van der Waals surface area contributed by atoms with Crippen LogP contribution in [0.25, 0.3) is 0 Å². The molecule has 0 aromatic heterocycles. The maximum absolute atomic E-state index is 12.4. The van der Waals surface area contributed by atoms with Crippen molar-refractivity contribution in [3.8, 4) is 0 Å². The topological polar surface area (TPSA) is 49.6 Å². The minimum Gasteiger partial charge on any atom is -0.330 e. The number of hydrogen-bond acceptors (Lipinski definition) is 2. The van der Waals surface area contributed by atoms with Crippen LogP contribution in [0.3, 0.4) is 0 Å². The van der Waals surface area contributed by atoms with E-state index in [1.54, 1.807) is 0 Å². The van der Waals surface area contributed by atoms with Gasteiger partial charge in [-0.15, -0.1) is 0 Å². The Morgan fingerprint density at radius 3 is 2.29 bits per heavy atom. The fourth-order valence-electron chi connectivity index (χ4n) is 2.59. The zero-order chi connectivity index (χ0) is 12.7. The van der Waals surface area contributed by atoms with Crippen LogP contribution < -0.4 is 5.73 Å². The molecule has 1 rings (SSSR count). The van der Waals surface area contributed by atoms with E-state index >= 15 is 0 Å². The van der Waals surface area contributed by atoms with E-state index in [-0.39, 0.29) is 6.03 Å². The average molecular weight is 241 g/mol. The van der Waals surface area contributed by atoms with Crippen LogP contribution in [-0.4, -0.2) is 48.1 Å². The molecule has 4 heteroatoms. The molecule has 0 atom stereocenters. The van der Waals surface area contributed by atoms with Crippen molar-refractivity contribution in [1.29, 1.82) is 0 Å². The van der Waals surface area contributed by atoms with Gasteiger partial charge in [0.25, 0.3) is 0 Å². The highest BCUT2D eigenvalue weighted by Crippen LogP contribution is 2.24. The second kappa shape index (κ2) is 7.54. The zero-order valence-electron chi connectivity index (χ0n) is 11.3. The summed E-state index contributed by atoms with van der Waals surface area (Å²) in [6, 6.07) is 0.657. The maximum Gasteiger partial charge on any atom is 0.320 e. The number of hydrogen-bond donors (Lipinski definition) is 1. The molecule has 1 saturated carbocycles. The lowest BCUT2D eigenvalue weighted by atomic mass is 10.2. The van der Waals surface area contributed by atoms with Gasteiger partial charge in [0.2, 0.25) is 0 Å². The van der Waals surface area contributed by atoms with Gasteiger partial charge in [0.05, 0.1) is 0 Å². The van der Waals surface area contributed by atoms with E-state index in [9.17, 15) is 4.79 Å². The van der Waals surface area contributed by atoms with Gasteiger partial charge in [-0.2, -0.15) is 0 Å². The van der Waals surface area contributed by atoms with Gasteiger partial charge in [-0.05, 0) is 39.7 Å². The standard InChI is InChI=1S/C13H27N3O/c1-3-15(4-2)13(17)16(11-7-10-14)12-8-5-6-9-12/h12H,3-11,14H2,1-2H3. The fourth-order valence-corrected chi connectivity index (χ4v) is 2.59. The van der Waals surface area contributed by atoms with Gasteiger partial charge < -0.3 is 15.5 Å². The monoisotopic (exact) mass is 241 g/mol. The summed E-state index contributed by atoms with van der Waals surface area (Å²) < 4.78 is 0. The normalized spacial score (nSPS) is 16.2. The van der Waals surface area contributed by atoms with E-state index in [0.29, 0.717) is 12.6 Å². The van der Waals surface area contributed by atoms with Gasteiger partial charge in [-0.1, -0.05) is 12.8 Å². The van der Waals surface area contributed by atoms with Gasteiger partial charge in [0, 0.05) is 25.7 Å². The molecule has 1 aliphatic rings. The van der Waals surface area contributed by atoms with Gasteiger partial charge in [0.15, 0.2) is 0 Å². The van der Waals surface area contributed by atoms with E-state index < -0.39 is 0 Å². The van der Waals surface area contributed by atoms with Crippen LogP contribution in [0, 0.1) is 0 Å². The van der Waals surface area contributed by atoms with E-state index in [0.717, 1.165) is 38.9 Å². The summed E-state index contributed by atoms with van der Waals surface area (Å²) in [6.07, 6.45) is 5.75. The number of nitrogens with two attached hydrogens (primary N) is 1. The Kier molecular flexibility index (Phi) is 6.34. The van der Waals surface area contributed by atoms with Gasteiger partial charge in [-0.25, -0.2) is 4.79 Å². The predicted molar refractivity (Wildman–Crippen MR) is 71.0 cm³/mol. The van der Waals surface area contributed by atoms with Crippen molar-refractivity contribution >= 4 is 6.03 Å². The van der Waals surface area contributed by atoms with Crippen LogP contribution in [0.5, 0.6) is 0 Å². The van der Waals surface area contributed by atoms with Gasteiger partial charge >= 0.3 is 6.03 Å². The Morgan fingerprint density at radius 2 is 1.82 bits per heavy atom. The first-order chi connectivity index (χ1) is 8.24. The Morgan fingerprint density at radius 1 is 1.24 bits per heavy atom. The third-order valence-corrected chi connectivity index (χ3v) is 3.65. The molecule has 0 bridgehead atoms. The fraction of sp³-hybridized carbons (Fsp3) is 0.923. The lowest BCUT2D eigenvalue weighted by Gasteiger charge is -2.33. The largest absolute Gasteiger partial charge is 0.330 e. The molecule has 0 aliphatic heterocycles. The number of nitrogens with zero attached hydrogens (tertiary/aromatic N) is 2. The molecule has 0 spiro atoms. The van der Waals surface area contributed by atoms with E-state index in [1.165, 1.54) is 12.8 Å². The molecule has 0 saturated heterocycles. The summed E-state index contributed by atoms with van der Waals surface area (Å²) in [4.78, 5) is 16.4. The average Bonchev–Trinajstić information content (AvgIpc) is 2.85. The van der Waals surface area contributed by atoms with Crippen molar-refractivity contribution < 1.29 is 4.79 Å². The minimum absolute atomic E-state index is 0.204. The molecule has 100 valence electrons. The number of carbonyl (C=O) groups is 1. The van der Waals surface area contributed by atoms with Crippen molar-refractivity contribution in [1.82, 2.24) is 9.80 Å². The molecule has 0 unspecified atom stereocenters. The van der Waals surface area contributed by atoms with Crippen molar-refractivity contribution in [3.05, 3.63) is 0 Å². The van der Waals surface area contributed by atoms with E-state index in [1.807, 2.05) is 18.7 Å². The van der Waals surface area contributed by atoms with Crippen LogP contribution in [0.4, 0.5) is 4.79 Å². The summed E-state index contributed by atoms with van der Waals surface area (Å²) in [5, 5.41) is 0. The summed E-state index contributed by atoms with van der Waals surface area (Å²) >= 11 is 0. The molecule has 0 aromatic carbocycles. The lowest BCUT2D eigenvalue weighted by molar-refractivity contribution is 0.137. The molecule has 2 amide bonds. The highest BCUT2D eigenvalue weighted by Gasteiger charge is 2.28. The summed E-state index contributed by atoms with van der Waals surface area (Å²) in [7, 11) is 0. The summed E-state index contributed by atoms with van der Waals surface area (Å²) in [5.74, 6) is 0. The molecule has 4 nitrogen and oxygen atoms in total. The Balaban J connectivity index is 2.63. The second-order valence-corrected chi connectivity index (χ2v) is 4.73. The van der Waals surface area contributed by atoms with Crippen LogP contribution in [0.1, 0.15) is 46.0 Å². The van der Waals surface area contributed by atoms with Crippen molar-refractivity contribution in [2.24, 2.45) is 5.73 Å². The lowest BCUT2D eigenvalue weighted by Crippen LogP contribution is -2.48. The Labute approximate surface area is 105 Å². The number of amides is 2. The molecule has 0 heterocycles. The molecule has 1 fully saturated rings. The number of rotatable bonds is 6. The third kappa shape index (κ3) is 3.87. The maximum atomic E-state index is 12.4. The van der Waals surface area contributed by atoms with Crippen molar-refractivity contribution in [3.63, 3.8) is 0 Å². The van der Waals surface area contributed by atoms with E-state index in [2.05, 4.69) is 4.90 Å². The smallest absolute Gasteiger partial charge is 0.320 e. The SMILES string of the molecule is CCN(CC)C(=O)N(CCCN)C1CCCC1. The first-order valence-corrected chi connectivity index (χ1v) is 7.00. The van der Waals surface area contributed by atoms with E-state index in [4.69, 9.17) is 5.73 Å². The van der Waals surface area contributed by atoms with Crippen LogP contribution in [0.15, 0.2) is 0 Å². The Hall–Kier alpha value is -0.770. The third-order valence-electron chi connectivity index (χ3n) is 3.65.